The molecule has 0 fully saturated rings. The second-order valence-corrected chi connectivity index (χ2v) is 7.60. The van der Waals surface area contributed by atoms with E-state index < -0.39 is 0 Å². The number of pyridine rings is 1. The Morgan fingerprint density at radius 1 is 1.12 bits per heavy atom. The fourth-order valence-corrected chi connectivity index (χ4v) is 4.00. The van der Waals surface area contributed by atoms with Crippen LogP contribution in [-0.2, 0) is 6.54 Å². The minimum absolute atomic E-state index is 0.242. The molecule has 0 atom stereocenters. The van der Waals surface area contributed by atoms with E-state index in [-0.39, 0.29) is 6.03 Å². The largest absolute Gasteiger partial charge is 0.323 e. The van der Waals surface area contributed by atoms with E-state index >= 15 is 0 Å². The molecule has 0 aliphatic carbocycles. The van der Waals surface area contributed by atoms with Gasteiger partial charge in [-0.25, -0.2) is 4.79 Å². The van der Waals surface area contributed by atoms with Gasteiger partial charge in [-0.1, -0.05) is 41.7 Å². The number of fused-ring (bicyclic) bond motifs is 1. The Bertz CT molecular complexity index is 1040. The number of hydrogen-bond donors (Lipinski definition) is 1. The van der Waals surface area contributed by atoms with Crippen molar-refractivity contribution >= 4 is 44.7 Å². The van der Waals surface area contributed by atoms with Crippen LogP contribution in [0.4, 0.5) is 9.93 Å². The second kappa shape index (κ2) is 7.19. The first-order valence-electron chi connectivity index (χ1n) is 7.93. The number of nitrogens with one attached hydrogen (secondary N) is 1. The van der Waals surface area contributed by atoms with Crippen LogP contribution in [0.15, 0.2) is 53.9 Å². The Kier molecular flexibility index (Phi) is 4.59. The van der Waals surface area contributed by atoms with Crippen LogP contribution in [0.25, 0.3) is 20.8 Å². The number of aromatic nitrogens is 3. The summed E-state index contributed by atoms with van der Waals surface area (Å²) in [5.74, 6) is 0. The zero-order chi connectivity index (χ0) is 17.9. The standard InChI is InChI=1S/C18H15N5OS2/c1-23(11-13-9-8-12-5-2-3-6-14(12)19-13)18(24)20-17-22-21-16(26-17)15-7-4-10-25-15/h2-10H,11H2,1H3,(H,20,22,24). The summed E-state index contributed by atoms with van der Waals surface area (Å²) in [7, 11) is 1.73. The normalized spacial score (nSPS) is 10.8. The van der Waals surface area contributed by atoms with Gasteiger partial charge in [0.1, 0.15) is 0 Å². The summed E-state index contributed by atoms with van der Waals surface area (Å²) in [5.41, 5.74) is 1.75. The van der Waals surface area contributed by atoms with Crippen molar-refractivity contribution in [2.24, 2.45) is 0 Å². The molecular weight excluding hydrogens is 366 g/mol. The second-order valence-electron chi connectivity index (χ2n) is 5.67. The lowest BCUT2D eigenvalue weighted by Gasteiger charge is -2.16. The lowest BCUT2D eigenvalue weighted by atomic mass is 10.2. The third-order valence-electron chi connectivity index (χ3n) is 3.77. The summed E-state index contributed by atoms with van der Waals surface area (Å²) in [4.78, 5) is 19.6. The van der Waals surface area contributed by atoms with Crippen molar-refractivity contribution in [2.75, 3.05) is 12.4 Å². The van der Waals surface area contributed by atoms with E-state index in [0.29, 0.717) is 11.7 Å². The molecule has 0 saturated heterocycles. The molecule has 130 valence electrons. The highest BCUT2D eigenvalue weighted by Gasteiger charge is 2.14. The van der Waals surface area contributed by atoms with E-state index in [0.717, 1.165) is 26.5 Å². The van der Waals surface area contributed by atoms with Crippen LogP contribution in [0, 0.1) is 0 Å². The number of para-hydroxylation sites is 1. The van der Waals surface area contributed by atoms with Gasteiger partial charge < -0.3 is 4.90 Å². The average Bonchev–Trinajstić information content (AvgIpc) is 3.33. The zero-order valence-electron chi connectivity index (χ0n) is 13.9. The summed E-state index contributed by atoms with van der Waals surface area (Å²) in [5, 5.41) is 15.3. The first-order chi connectivity index (χ1) is 12.7. The maximum atomic E-state index is 12.4. The van der Waals surface area contributed by atoms with Crippen LogP contribution < -0.4 is 5.32 Å². The Labute approximate surface area is 158 Å². The van der Waals surface area contributed by atoms with E-state index in [1.165, 1.54) is 11.3 Å². The predicted molar refractivity (Wildman–Crippen MR) is 105 cm³/mol. The lowest BCUT2D eigenvalue weighted by Crippen LogP contribution is -2.31. The summed E-state index contributed by atoms with van der Waals surface area (Å²) >= 11 is 2.95. The van der Waals surface area contributed by atoms with Crippen molar-refractivity contribution in [1.82, 2.24) is 20.1 Å². The molecule has 0 aliphatic rings. The Morgan fingerprint density at radius 3 is 2.85 bits per heavy atom. The number of anilines is 1. The molecule has 0 bridgehead atoms. The number of hydrogen-bond acceptors (Lipinski definition) is 6. The van der Waals surface area contributed by atoms with Gasteiger partial charge in [0.25, 0.3) is 0 Å². The number of amides is 2. The quantitative estimate of drug-likeness (QED) is 0.566. The number of urea groups is 1. The molecule has 3 aromatic heterocycles. The SMILES string of the molecule is CN(Cc1ccc2ccccc2n1)C(=O)Nc1nnc(-c2cccs2)s1. The fourth-order valence-electron chi connectivity index (χ4n) is 2.47. The van der Waals surface area contributed by atoms with Crippen molar-refractivity contribution in [3.8, 4) is 9.88 Å². The van der Waals surface area contributed by atoms with Crippen LogP contribution >= 0.6 is 22.7 Å². The molecule has 3 heterocycles. The van der Waals surface area contributed by atoms with Crippen molar-refractivity contribution in [1.29, 1.82) is 0 Å². The number of carbonyl (C=O) groups excluding carboxylic acids is 1. The van der Waals surface area contributed by atoms with Crippen LogP contribution in [0.2, 0.25) is 0 Å². The number of thiophene rings is 1. The fraction of sp³-hybridized carbons (Fsp3) is 0.111. The molecule has 0 unspecified atom stereocenters. The van der Waals surface area contributed by atoms with E-state index in [1.54, 1.807) is 23.3 Å². The smallest absolute Gasteiger partial charge is 0.322 e. The molecule has 1 N–H and O–H groups in total. The van der Waals surface area contributed by atoms with Gasteiger partial charge in [0.05, 0.1) is 22.6 Å². The average molecular weight is 381 g/mol. The highest BCUT2D eigenvalue weighted by molar-refractivity contribution is 7.23. The molecule has 0 spiro atoms. The van der Waals surface area contributed by atoms with Crippen LogP contribution in [-0.4, -0.2) is 33.2 Å². The first-order valence-corrected chi connectivity index (χ1v) is 9.63. The van der Waals surface area contributed by atoms with Crippen molar-refractivity contribution in [2.45, 2.75) is 6.54 Å². The van der Waals surface area contributed by atoms with Crippen molar-refractivity contribution < 1.29 is 4.79 Å². The van der Waals surface area contributed by atoms with Crippen molar-refractivity contribution in [3.05, 3.63) is 59.6 Å². The van der Waals surface area contributed by atoms with E-state index in [4.69, 9.17) is 0 Å². The van der Waals surface area contributed by atoms with Gasteiger partial charge in [-0.15, -0.1) is 21.5 Å². The van der Waals surface area contributed by atoms with Crippen LogP contribution in [0.3, 0.4) is 0 Å². The van der Waals surface area contributed by atoms with Crippen molar-refractivity contribution in [3.63, 3.8) is 0 Å². The van der Waals surface area contributed by atoms with E-state index in [9.17, 15) is 4.79 Å². The predicted octanol–water partition coefficient (Wildman–Crippen LogP) is 4.48. The Hall–Kier alpha value is -2.84. The topological polar surface area (TPSA) is 71.0 Å². The van der Waals surface area contributed by atoms with Gasteiger partial charge in [-0.3, -0.25) is 10.3 Å². The van der Waals surface area contributed by atoms with E-state index in [1.807, 2.05) is 53.9 Å². The molecular formula is C18H15N5OS2. The van der Waals surface area contributed by atoms with Gasteiger partial charge >= 0.3 is 6.03 Å². The molecule has 4 aromatic rings. The molecule has 0 saturated carbocycles. The summed E-state index contributed by atoms with van der Waals surface area (Å²) in [6, 6.07) is 15.6. The minimum atomic E-state index is -0.242. The maximum absolute atomic E-state index is 12.4. The summed E-state index contributed by atoms with van der Waals surface area (Å²) in [6.45, 7) is 0.410. The molecule has 2 amide bonds. The van der Waals surface area contributed by atoms with Crippen LogP contribution in [0.1, 0.15) is 5.69 Å². The molecule has 0 aliphatic heterocycles. The molecule has 26 heavy (non-hydrogen) atoms. The molecule has 8 heteroatoms. The third kappa shape index (κ3) is 3.56. The van der Waals surface area contributed by atoms with E-state index in [2.05, 4.69) is 20.5 Å². The van der Waals surface area contributed by atoms with Crippen LogP contribution in [0.5, 0.6) is 0 Å². The van der Waals surface area contributed by atoms with Gasteiger partial charge in [0.2, 0.25) is 5.13 Å². The Balaban J connectivity index is 1.42. The lowest BCUT2D eigenvalue weighted by molar-refractivity contribution is 0.220. The van der Waals surface area contributed by atoms with Gasteiger partial charge in [-0.05, 0) is 23.6 Å². The third-order valence-corrected chi connectivity index (χ3v) is 5.65. The molecule has 1 aromatic carbocycles. The molecule has 0 radical (unpaired) electrons. The summed E-state index contributed by atoms with van der Waals surface area (Å²) in [6.07, 6.45) is 0. The van der Waals surface area contributed by atoms with Gasteiger partial charge in [0, 0.05) is 12.4 Å². The number of rotatable bonds is 4. The zero-order valence-corrected chi connectivity index (χ0v) is 15.5. The summed E-state index contributed by atoms with van der Waals surface area (Å²) < 4.78 is 0. The van der Waals surface area contributed by atoms with Gasteiger partial charge in [0.15, 0.2) is 5.01 Å². The Morgan fingerprint density at radius 2 is 2.00 bits per heavy atom. The highest BCUT2D eigenvalue weighted by Crippen LogP contribution is 2.29. The first kappa shape index (κ1) is 16.6. The molecule has 6 nitrogen and oxygen atoms in total. The number of carbonyl (C=O) groups is 1. The maximum Gasteiger partial charge on any atom is 0.323 e. The monoisotopic (exact) mass is 381 g/mol. The number of nitrogens with zero attached hydrogens (tertiary/aromatic N) is 4. The van der Waals surface area contributed by atoms with Gasteiger partial charge in [-0.2, -0.15) is 0 Å². The molecule has 4 rings (SSSR count). The highest BCUT2D eigenvalue weighted by atomic mass is 32.1. The number of benzene rings is 1. The minimum Gasteiger partial charge on any atom is -0.322 e.